The second-order valence-corrected chi connectivity index (χ2v) is 6.16. The third kappa shape index (κ3) is 4.06. The van der Waals surface area contributed by atoms with Crippen molar-refractivity contribution >= 4 is 5.91 Å². The van der Waals surface area contributed by atoms with E-state index in [1.807, 2.05) is 13.1 Å². The molecule has 0 aromatic carbocycles. The fourth-order valence-corrected chi connectivity index (χ4v) is 2.78. The van der Waals surface area contributed by atoms with Crippen molar-refractivity contribution in [2.75, 3.05) is 47.5 Å². The molecule has 1 saturated heterocycles. The second-order valence-electron chi connectivity index (χ2n) is 6.16. The molecule has 1 amide bonds. The summed E-state index contributed by atoms with van der Waals surface area (Å²) >= 11 is 0. The van der Waals surface area contributed by atoms with Crippen LogP contribution in [0.25, 0.3) is 0 Å². The van der Waals surface area contributed by atoms with Crippen LogP contribution in [0.5, 0.6) is 0 Å². The second kappa shape index (κ2) is 7.21. The number of amides is 1. The van der Waals surface area contributed by atoms with E-state index < -0.39 is 5.60 Å². The molecule has 7 nitrogen and oxygen atoms in total. The van der Waals surface area contributed by atoms with Crippen LogP contribution < -0.4 is 0 Å². The Kier molecular flexibility index (Phi) is 5.55. The van der Waals surface area contributed by atoms with Gasteiger partial charge in [0.25, 0.3) is 0 Å². The van der Waals surface area contributed by atoms with Crippen molar-refractivity contribution in [2.45, 2.75) is 25.5 Å². The predicted molar refractivity (Wildman–Crippen MR) is 82.5 cm³/mol. The lowest BCUT2D eigenvalue weighted by atomic mass is 9.96. The van der Waals surface area contributed by atoms with E-state index in [4.69, 9.17) is 9.47 Å². The molecule has 22 heavy (non-hydrogen) atoms. The maximum atomic E-state index is 12.1. The first-order valence-electron chi connectivity index (χ1n) is 7.50. The average Bonchev–Trinajstić information content (AvgIpc) is 2.84. The summed E-state index contributed by atoms with van der Waals surface area (Å²) in [6.45, 7) is 5.33. The molecule has 1 aromatic heterocycles. The van der Waals surface area contributed by atoms with Crippen LogP contribution in [-0.4, -0.2) is 79.0 Å². The van der Waals surface area contributed by atoms with Crippen molar-refractivity contribution in [3.8, 4) is 0 Å². The number of aryl methyl sites for hydroxylation is 1. The van der Waals surface area contributed by atoms with Gasteiger partial charge in [-0.15, -0.1) is 0 Å². The van der Waals surface area contributed by atoms with E-state index in [9.17, 15) is 4.79 Å². The molecule has 124 valence electrons. The van der Waals surface area contributed by atoms with E-state index in [-0.39, 0.29) is 5.91 Å². The van der Waals surface area contributed by atoms with Gasteiger partial charge in [-0.3, -0.25) is 14.8 Å². The highest BCUT2D eigenvalue weighted by Crippen LogP contribution is 2.25. The summed E-state index contributed by atoms with van der Waals surface area (Å²) in [6, 6.07) is 0. The zero-order valence-electron chi connectivity index (χ0n) is 13.9. The molecule has 1 fully saturated rings. The van der Waals surface area contributed by atoms with Crippen LogP contribution >= 0.6 is 0 Å². The van der Waals surface area contributed by atoms with Gasteiger partial charge < -0.3 is 14.4 Å². The molecule has 0 saturated carbocycles. The lowest BCUT2D eigenvalue weighted by molar-refractivity contribution is -0.160. The molecule has 2 rings (SSSR count). The van der Waals surface area contributed by atoms with Gasteiger partial charge in [0, 0.05) is 52.1 Å². The van der Waals surface area contributed by atoms with E-state index in [2.05, 4.69) is 15.1 Å². The number of methoxy groups -OCH3 is 1. The van der Waals surface area contributed by atoms with Gasteiger partial charge in [0.05, 0.1) is 25.8 Å². The highest BCUT2D eigenvalue weighted by atomic mass is 16.5. The van der Waals surface area contributed by atoms with Crippen LogP contribution in [0.1, 0.15) is 17.7 Å². The monoisotopic (exact) mass is 310 g/mol. The van der Waals surface area contributed by atoms with Gasteiger partial charge in [-0.05, 0) is 6.92 Å². The molecule has 1 N–H and O–H groups in total. The molecule has 1 aliphatic heterocycles. The maximum absolute atomic E-state index is 12.1. The summed E-state index contributed by atoms with van der Waals surface area (Å²) in [5, 5.41) is 7.02. The molecule has 0 spiro atoms. The summed E-state index contributed by atoms with van der Waals surface area (Å²) in [5.41, 5.74) is 1.67. The summed E-state index contributed by atoms with van der Waals surface area (Å²) < 4.78 is 11.3. The maximum Gasteiger partial charge on any atom is 0.225 e. The smallest absolute Gasteiger partial charge is 0.225 e. The minimum atomic E-state index is -0.577. The number of H-pyrrole nitrogens is 1. The molecular formula is C15H26N4O3. The standard InChI is InChI=1S/C15H26N4O3/c1-12-13(8-16-17-12)9-19-5-6-22-15(10-19,11-21-4)7-14(20)18(2)3/h8H,5-7,9-11H2,1-4H3,(H,16,17)/t15-/m1/s1. The Balaban J connectivity index is 2.06. The van der Waals surface area contributed by atoms with Gasteiger partial charge in [-0.25, -0.2) is 0 Å². The fourth-order valence-electron chi connectivity index (χ4n) is 2.78. The SMILES string of the molecule is COC[C@@]1(CC(=O)N(C)C)CN(Cc2cn[nH]c2C)CCO1. The number of ether oxygens (including phenoxy) is 2. The number of morpholine rings is 1. The van der Waals surface area contributed by atoms with Crippen LogP contribution in [-0.2, 0) is 20.8 Å². The molecule has 7 heteroatoms. The quantitative estimate of drug-likeness (QED) is 0.824. The summed E-state index contributed by atoms with van der Waals surface area (Å²) in [6.07, 6.45) is 2.18. The Hall–Kier alpha value is -1.44. The largest absolute Gasteiger partial charge is 0.382 e. The average molecular weight is 310 g/mol. The number of nitrogens with zero attached hydrogens (tertiary/aromatic N) is 3. The van der Waals surface area contributed by atoms with Gasteiger partial charge in [-0.1, -0.05) is 0 Å². The van der Waals surface area contributed by atoms with Crippen molar-refractivity contribution in [1.29, 1.82) is 0 Å². The van der Waals surface area contributed by atoms with Crippen LogP contribution in [0.4, 0.5) is 0 Å². The third-order valence-electron chi connectivity index (χ3n) is 4.04. The molecule has 0 radical (unpaired) electrons. The van der Waals surface area contributed by atoms with Gasteiger partial charge in [0.2, 0.25) is 5.91 Å². The molecular weight excluding hydrogens is 284 g/mol. The Morgan fingerprint density at radius 1 is 1.59 bits per heavy atom. The number of rotatable bonds is 6. The van der Waals surface area contributed by atoms with Crippen LogP contribution in [0, 0.1) is 6.92 Å². The van der Waals surface area contributed by atoms with E-state index in [1.54, 1.807) is 26.1 Å². The van der Waals surface area contributed by atoms with Crippen molar-refractivity contribution in [3.63, 3.8) is 0 Å². The Bertz CT molecular complexity index is 499. The van der Waals surface area contributed by atoms with Crippen LogP contribution in [0.2, 0.25) is 0 Å². The van der Waals surface area contributed by atoms with E-state index >= 15 is 0 Å². The molecule has 2 heterocycles. The van der Waals surface area contributed by atoms with Gasteiger partial charge in [-0.2, -0.15) is 5.10 Å². The van der Waals surface area contributed by atoms with Crippen molar-refractivity contribution in [2.24, 2.45) is 0 Å². The van der Waals surface area contributed by atoms with E-state index in [1.165, 1.54) is 5.56 Å². The molecule has 0 aliphatic carbocycles. The molecule has 0 bridgehead atoms. The zero-order chi connectivity index (χ0) is 16.2. The van der Waals surface area contributed by atoms with Gasteiger partial charge in [0.15, 0.2) is 0 Å². The number of hydrogen-bond acceptors (Lipinski definition) is 5. The van der Waals surface area contributed by atoms with E-state index in [0.29, 0.717) is 26.2 Å². The Morgan fingerprint density at radius 2 is 2.36 bits per heavy atom. The van der Waals surface area contributed by atoms with Gasteiger partial charge in [0.1, 0.15) is 5.60 Å². The number of aromatic nitrogens is 2. The number of nitrogens with one attached hydrogen (secondary N) is 1. The first-order valence-corrected chi connectivity index (χ1v) is 7.50. The van der Waals surface area contributed by atoms with Crippen molar-refractivity contribution in [1.82, 2.24) is 20.0 Å². The number of carbonyl (C=O) groups is 1. The molecule has 1 atom stereocenters. The summed E-state index contributed by atoms with van der Waals surface area (Å²) in [5.74, 6) is 0.0541. The number of aromatic amines is 1. The fraction of sp³-hybridized carbons (Fsp3) is 0.733. The predicted octanol–water partition coefficient (Wildman–Crippen LogP) is 0.414. The lowest BCUT2D eigenvalue weighted by Crippen LogP contribution is -2.55. The topological polar surface area (TPSA) is 70.7 Å². The first kappa shape index (κ1) is 16.9. The Labute approximate surface area is 131 Å². The minimum Gasteiger partial charge on any atom is -0.382 e. The van der Waals surface area contributed by atoms with E-state index in [0.717, 1.165) is 18.8 Å². The Morgan fingerprint density at radius 3 is 2.95 bits per heavy atom. The summed E-state index contributed by atoms with van der Waals surface area (Å²) in [7, 11) is 5.17. The normalized spacial score (nSPS) is 22.7. The lowest BCUT2D eigenvalue weighted by Gasteiger charge is -2.42. The zero-order valence-corrected chi connectivity index (χ0v) is 13.9. The highest BCUT2D eigenvalue weighted by Gasteiger charge is 2.39. The van der Waals surface area contributed by atoms with Crippen molar-refractivity contribution < 1.29 is 14.3 Å². The highest BCUT2D eigenvalue weighted by molar-refractivity contribution is 5.76. The van der Waals surface area contributed by atoms with Crippen LogP contribution in [0.3, 0.4) is 0 Å². The minimum absolute atomic E-state index is 0.0541. The van der Waals surface area contributed by atoms with Crippen molar-refractivity contribution in [3.05, 3.63) is 17.5 Å². The number of hydrogen-bond donors (Lipinski definition) is 1. The number of carbonyl (C=O) groups excluding carboxylic acids is 1. The molecule has 1 aliphatic rings. The molecule has 0 unspecified atom stereocenters. The summed E-state index contributed by atoms with van der Waals surface area (Å²) in [4.78, 5) is 16.0. The van der Waals surface area contributed by atoms with Gasteiger partial charge >= 0.3 is 0 Å². The third-order valence-corrected chi connectivity index (χ3v) is 4.04. The molecule has 1 aromatic rings. The first-order chi connectivity index (χ1) is 10.5. The van der Waals surface area contributed by atoms with Crippen LogP contribution in [0.15, 0.2) is 6.20 Å².